The third-order valence-electron chi connectivity index (χ3n) is 4.82. The van der Waals surface area contributed by atoms with Crippen molar-refractivity contribution < 1.29 is 4.79 Å². The molecule has 2 aromatic rings. The number of piperazine rings is 1. The number of hydrogen-bond donors (Lipinski definition) is 0. The molecule has 2 aliphatic heterocycles. The molecule has 4 rings (SSSR count). The molecule has 0 spiro atoms. The summed E-state index contributed by atoms with van der Waals surface area (Å²) in [6, 6.07) is 5.56. The lowest BCUT2D eigenvalue weighted by atomic mass is 10.2. The lowest BCUT2D eigenvalue weighted by molar-refractivity contribution is 0.0746. The summed E-state index contributed by atoms with van der Waals surface area (Å²) in [4.78, 5) is 32.4. The fraction of sp³-hybridized carbons (Fsp3) is 0.444. The Morgan fingerprint density at radius 3 is 2.20 bits per heavy atom. The average molecular weight is 338 g/mol. The van der Waals surface area contributed by atoms with Gasteiger partial charge in [0.2, 0.25) is 5.95 Å². The van der Waals surface area contributed by atoms with E-state index in [2.05, 4.69) is 24.8 Å². The second-order valence-electron chi connectivity index (χ2n) is 6.40. The molecule has 0 radical (unpaired) electrons. The number of amides is 1. The third-order valence-corrected chi connectivity index (χ3v) is 4.82. The first-order valence-corrected chi connectivity index (χ1v) is 8.84. The highest BCUT2D eigenvalue weighted by Crippen LogP contribution is 2.23. The number of carbonyl (C=O) groups excluding carboxylic acids is 1. The van der Waals surface area contributed by atoms with E-state index in [0.717, 1.165) is 37.9 Å². The third kappa shape index (κ3) is 3.26. The molecule has 7 nitrogen and oxygen atoms in total. The zero-order chi connectivity index (χ0) is 17.1. The van der Waals surface area contributed by atoms with Gasteiger partial charge in [-0.25, -0.2) is 15.0 Å². The van der Waals surface area contributed by atoms with Gasteiger partial charge in [-0.1, -0.05) is 0 Å². The van der Waals surface area contributed by atoms with Crippen molar-refractivity contribution in [2.24, 2.45) is 0 Å². The van der Waals surface area contributed by atoms with Crippen molar-refractivity contribution in [2.45, 2.75) is 12.8 Å². The summed E-state index contributed by atoms with van der Waals surface area (Å²) in [5, 5.41) is 0. The SMILES string of the molecule is O=C(c1cccnc1N1CCCC1)N1CCN(c2ncccn2)CC1. The molecular weight excluding hydrogens is 316 g/mol. The molecular formula is C18H22N6O. The van der Waals surface area contributed by atoms with E-state index in [1.165, 1.54) is 12.8 Å². The quantitative estimate of drug-likeness (QED) is 0.844. The highest BCUT2D eigenvalue weighted by Gasteiger charge is 2.27. The maximum Gasteiger partial charge on any atom is 0.257 e. The standard InChI is InChI=1S/C18H22N6O/c25-17(15-5-3-6-19-16(15)22-9-1-2-10-22)23-11-13-24(14-12-23)18-20-7-4-8-21-18/h3-8H,1-2,9-14H2. The average Bonchev–Trinajstić information content (AvgIpc) is 3.23. The van der Waals surface area contributed by atoms with E-state index in [-0.39, 0.29) is 5.91 Å². The molecule has 2 fully saturated rings. The summed E-state index contributed by atoms with van der Waals surface area (Å²) in [5.41, 5.74) is 0.716. The number of rotatable bonds is 3. The zero-order valence-corrected chi connectivity index (χ0v) is 14.2. The normalized spacial score (nSPS) is 17.8. The highest BCUT2D eigenvalue weighted by atomic mass is 16.2. The van der Waals surface area contributed by atoms with E-state index < -0.39 is 0 Å². The van der Waals surface area contributed by atoms with Gasteiger partial charge in [0.1, 0.15) is 5.82 Å². The van der Waals surface area contributed by atoms with Crippen LogP contribution in [0.15, 0.2) is 36.8 Å². The number of nitrogens with zero attached hydrogens (tertiary/aromatic N) is 6. The van der Waals surface area contributed by atoms with E-state index in [4.69, 9.17) is 0 Å². The number of anilines is 2. The molecule has 0 unspecified atom stereocenters. The summed E-state index contributed by atoms with van der Waals surface area (Å²) < 4.78 is 0. The summed E-state index contributed by atoms with van der Waals surface area (Å²) in [7, 11) is 0. The Kier molecular flexibility index (Phi) is 4.45. The Labute approximate surface area is 147 Å². The van der Waals surface area contributed by atoms with Crippen LogP contribution in [0.2, 0.25) is 0 Å². The highest BCUT2D eigenvalue weighted by molar-refractivity contribution is 5.99. The fourth-order valence-corrected chi connectivity index (χ4v) is 3.48. The molecule has 0 saturated carbocycles. The van der Waals surface area contributed by atoms with Gasteiger partial charge >= 0.3 is 0 Å². The van der Waals surface area contributed by atoms with Crippen LogP contribution in [0, 0.1) is 0 Å². The van der Waals surface area contributed by atoms with Crippen LogP contribution in [0.5, 0.6) is 0 Å². The van der Waals surface area contributed by atoms with Crippen molar-refractivity contribution in [2.75, 3.05) is 49.1 Å². The minimum absolute atomic E-state index is 0.0728. The molecule has 4 heterocycles. The van der Waals surface area contributed by atoms with Gasteiger partial charge in [0.15, 0.2) is 0 Å². The van der Waals surface area contributed by atoms with Gasteiger partial charge in [0, 0.05) is 57.9 Å². The number of hydrogen-bond acceptors (Lipinski definition) is 6. The Bertz CT molecular complexity index is 723. The van der Waals surface area contributed by atoms with E-state index in [1.54, 1.807) is 18.6 Å². The maximum atomic E-state index is 13.0. The van der Waals surface area contributed by atoms with Gasteiger partial charge in [-0.15, -0.1) is 0 Å². The minimum atomic E-state index is 0.0728. The Balaban J connectivity index is 1.46. The van der Waals surface area contributed by atoms with Crippen molar-refractivity contribution in [3.63, 3.8) is 0 Å². The van der Waals surface area contributed by atoms with Crippen LogP contribution in [-0.4, -0.2) is 65.0 Å². The van der Waals surface area contributed by atoms with E-state index in [1.807, 2.05) is 23.1 Å². The van der Waals surface area contributed by atoms with Crippen molar-refractivity contribution in [1.29, 1.82) is 0 Å². The van der Waals surface area contributed by atoms with Crippen LogP contribution in [0.1, 0.15) is 23.2 Å². The summed E-state index contributed by atoms with van der Waals surface area (Å²) in [6.45, 7) is 4.80. The maximum absolute atomic E-state index is 13.0. The first-order valence-electron chi connectivity index (χ1n) is 8.84. The van der Waals surface area contributed by atoms with E-state index >= 15 is 0 Å². The zero-order valence-electron chi connectivity index (χ0n) is 14.2. The first-order chi connectivity index (χ1) is 12.3. The van der Waals surface area contributed by atoms with Crippen LogP contribution >= 0.6 is 0 Å². The number of carbonyl (C=O) groups is 1. The van der Waals surface area contributed by atoms with E-state index in [9.17, 15) is 4.79 Å². The smallest absolute Gasteiger partial charge is 0.257 e. The van der Waals surface area contributed by atoms with Crippen molar-refractivity contribution in [3.8, 4) is 0 Å². The molecule has 0 aliphatic carbocycles. The number of aromatic nitrogens is 3. The molecule has 130 valence electrons. The van der Waals surface area contributed by atoms with Crippen molar-refractivity contribution >= 4 is 17.7 Å². The van der Waals surface area contributed by atoms with Crippen LogP contribution in [0.25, 0.3) is 0 Å². The first kappa shape index (κ1) is 15.8. The van der Waals surface area contributed by atoms with Crippen LogP contribution < -0.4 is 9.80 Å². The monoisotopic (exact) mass is 338 g/mol. The molecule has 25 heavy (non-hydrogen) atoms. The van der Waals surface area contributed by atoms with Gasteiger partial charge in [0.05, 0.1) is 5.56 Å². The molecule has 0 N–H and O–H groups in total. The molecule has 7 heteroatoms. The van der Waals surface area contributed by atoms with Gasteiger partial charge < -0.3 is 14.7 Å². The van der Waals surface area contributed by atoms with Crippen molar-refractivity contribution in [1.82, 2.24) is 19.9 Å². The molecule has 2 saturated heterocycles. The van der Waals surface area contributed by atoms with E-state index in [0.29, 0.717) is 18.7 Å². The molecule has 2 aromatic heterocycles. The van der Waals surface area contributed by atoms with Crippen LogP contribution in [0.3, 0.4) is 0 Å². The molecule has 1 amide bonds. The molecule has 0 atom stereocenters. The van der Waals surface area contributed by atoms with Crippen molar-refractivity contribution in [3.05, 3.63) is 42.4 Å². The van der Waals surface area contributed by atoms with Gasteiger partial charge in [0.25, 0.3) is 5.91 Å². The number of pyridine rings is 1. The van der Waals surface area contributed by atoms with Gasteiger partial charge in [-0.3, -0.25) is 4.79 Å². The van der Waals surface area contributed by atoms with Crippen LogP contribution in [0.4, 0.5) is 11.8 Å². The minimum Gasteiger partial charge on any atom is -0.356 e. The second-order valence-corrected chi connectivity index (χ2v) is 6.40. The molecule has 2 aliphatic rings. The second kappa shape index (κ2) is 7.04. The summed E-state index contributed by atoms with van der Waals surface area (Å²) in [5.74, 6) is 1.64. The predicted octanol–water partition coefficient (Wildman–Crippen LogP) is 1.43. The molecule has 0 aromatic carbocycles. The summed E-state index contributed by atoms with van der Waals surface area (Å²) >= 11 is 0. The van der Waals surface area contributed by atoms with Gasteiger partial charge in [-0.2, -0.15) is 0 Å². The Morgan fingerprint density at radius 1 is 0.800 bits per heavy atom. The fourth-order valence-electron chi connectivity index (χ4n) is 3.48. The largest absolute Gasteiger partial charge is 0.356 e. The van der Waals surface area contributed by atoms with Crippen LogP contribution in [-0.2, 0) is 0 Å². The van der Waals surface area contributed by atoms with Gasteiger partial charge in [-0.05, 0) is 31.0 Å². The predicted molar refractivity (Wildman–Crippen MR) is 95.8 cm³/mol. The summed E-state index contributed by atoms with van der Waals surface area (Å²) in [6.07, 6.45) is 7.60. The Hall–Kier alpha value is -2.70. The lowest BCUT2D eigenvalue weighted by Gasteiger charge is -2.35. The Morgan fingerprint density at radius 2 is 1.48 bits per heavy atom. The topological polar surface area (TPSA) is 65.5 Å². The lowest BCUT2D eigenvalue weighted by Crippen LogP contribution is -2.49. The molecule has 0 bridgehead atoms.